The van der Waals surface area contributed by atoms with Gasteiger partial charge >= 0.3 is 0 Å². The predicted molar refractivity (Wildman–Crippen MR) is 85.0 cm³/mol. The number of thiophene rings is 1. The van der Waals surface area contributed by atoms with Gasteiger partial charge in [-0.3, -0.25) is 0 Å². The van der Waals surface area contributed by atoms with E-state index < -0.39 is 0 Å². The van der Waals surface area contributed by atoms with Gasteiger partial charge in [-0.05, 0) is 52.9 Å². The van der Waals surface area contributed by atoms with Gasteiger partial charge in [0.2, 0.25) is 0 Å². The molecule has 90 valence electrons. The quantitative estimate of drug-likeness (QED) is 0.640. The van der Waals surface area contributed by atoms with Crippen molar-refractivity contribution in [2.24, 2.45) is 0 Å². The molecule has 17 heavy (non-hydrogen) atoms. The fourth-order valence-electron chi connectivity index (χ4n) is 1.63. The van der Waals surface area contributed by atoms with E-state index in [9.17, 15) is 0 Å². The average Bonchev–Trinajstić information content (AvgIpc) is 2.63. The van der Waals surface area contributed by atoms with Gasteiger partial charge in [-0.1, -0.05) is 11.6 Å². The number of anilines is 2. The van der Waals surface area contributed by atoms with Crippen molar-refractivity contribution in [3.05, 3.63) is 43.1 Å². The van der Waals surface area contributed by atoms with Crippen molar-refractivity contribution < 1.29 is 0 Å². The van der Waals surface area contributed by atoms with E-state index in [1.54, 1.807) is 11.3 Å². The van der Waals surface area contributed by atoms with Crippen LogP contribution >= 0.6 is 45.5 Å². The molecule has 2 rings (SSSR count). The fourth-order valence-corrected chi connectivity index (χ4v) is 3.29. The Balaban J connectivity index is 2.17. The van der Waals surface area contributed by atoms with E-state index in [1.165, 1.54) is 4.88 Å². The van der Waals surface area contributed by atoms with Crippen molar-refractivity contribution in [1.82, 2.24) is 0 Å². The number of nitrogens with zero attached hydrogens (tertiary/aromatic N) is 1. The second-order valence-electron chi connectivity index (χ2n) is 3.77. The normalized spacial score (nSPS) is 10.5. The Morgan fingerprint density at radius 1 is 1.35 bits per heavy atom. The van der Waals surface area contributed by atoms with Gasteiger partial charge in [-0.25, -0.2) is 0 Å². The summed E-state index contributed by atoms with van der Waals surface area (Å²) in [5, 5.41) is 0. The van der Waals surface area contributed by atoms with Crippen LogP contribution in [-0.4, -0.2) is 7.05 Å². The van der Waals surface area contributed by atoms with E-state index >= 15 is 0 Å². The molecular formula is C12H12ClIN2S. The van der Waals surface area contributed by atoms with Crippen LogP contribution in [0.4, 0.5) is 11.4 Å². The zero-order valence-electron chi connectivity index (χ0n) is 9.28. The number of halogens is 2. The van der Waals surface area contributed by atoms with Gasteiger partial charge in [0.25, 0.3) is 0 Å². The molecule has 2 N–H and O–H groups in total. The number of hydrogen-bond donors (Lipinski definition) is 1. The first-order valence-corrected chi connectivity index (χ1v) is 7.34. The number of nitrogens with two attached hydrogens (primary N) is 1. The van der Waals surface area contributed by atoms with E-state index in [-0.39, 0.29) is 0 Å². The molecule has 0 fully saturated rings. The van der Waals surface area contributed by atoms with Gasteiger partial charge in [0.05, 0.1) is 22.3 Å². The highest BCUT2D eigenvalue weighted by molar-refractivity contribution is 14.1. The summed E-state index contributed by atoms with van der Waals surface area (Å²) in [6.45, 7) is 0.822. The highest BCUT2D eigenvalue weighted by atomic mass is 127. The van der Waals surface area contributed by atoms with Crippen LogP contribution in [-0.2, 0) is 6.54 Å². The monoisotopic (exact) mass is 378 g/mol. The van der Waals surface area contributed by atoms with Crippen LogP contribution in [0.3, 0.4) is 0 Å². The zero-order chi connectivity index (χ0) is 12.4. The Hall–Kier alpha value is -0.460. The molecule has 0 aliphatic rings. The van der Waals surface area contributed by atoms with Crippen LogP contribution in [0.15, 0.2) is 30.3 Å². The Kier molecular flexibility index (Phi) is 4.17. The maximum Gasteiger partial charge on any atom is 0.0931 e. The lowest BCUT2D eigenvalue weighted by molar-refractivity contribution is 0.942. The van der Waals surface area contributed by atoms with Crippen LogP contribution in [0.5, 0.6) is 0 Å². The summed E-state index contributed by atoms with van der Waals surface area (Å²) >= 11 is 9.78. The van der Waals surface area contributed by atoms with Gasteiger partial charge in [-0.2, -0.15) is 0 Å². The molecule has 1 heterocycles. The number of nitrogen functional groups attached to an aromatic ring is 1. The van der Waals surface area contributed by atoms with Crippen LogP contribution in [0.1, 0.15) is 4.88 Å². The molecule has 0 unspecified atom stereocenters. The zero-order valence-corrected chi connectivity index (χ0v) is 13.0. The molecular weight excluding hydrogens is 367 g/mol. The van der Waals surface area contributed by atoms with Crippen LogP contribution in [0.2, 0.25) is 4.34 Å². The maximum atomic E-state index is 6.01. The fraction of sp³-hybridized carbons (Fsp3) is 0.167. The molecule has 1 aromatic carbocycles. The molecule has 0 aliphatic heterocycles. The molecule has 0 bridgehead atoms. The SMILES string of the molecule is CN(Cc1ccc(Cl)s1)c1ccc(I)cc1N. The van der Waals surface area contributed by atoms with Crippen LogP contribution in [0.25, 0.3) is 0 Å². The van der Waals surface area contributed by atoms with E-state index in [0.29, 0.717) is 0 Å². The van der Waals surface area contributed by atoms with Crippen molar-refractivity contribution in [2.45, 2.75) is 6.54 Å². The van der Waals surface area contributed by atoms with Gasteiger partial charge in [0.1, 0.15) is 0 Å². The molecule has 1 aromatic heterocycles. The number of hydrogen-bond acceptors (Lipinski definition) is 3. The maximum absolute atomic E-state index is 6.01. The Labute approximate surface area is 124 Å². The van der Waals surface area contributed by atoms with Crippen molar-refractivity contribution in [3.8, 4) is 0 Å². The molecule has 0 spiro atoms. The molecule has 0 radical (unpaired) electrons. The number of benzene rings is 1. The van der Waals surface area contributed by atoms with Crippen molar-refractivity contribution in [1.29, 1.82) is 0 Å². The van der Waals surface area contributed by atoms with E-state index in [0.717, 1.165) is 25.8 Å². The Bertz CT molecular complexity index is 527. The molecule has 0 atom stereocenters. The summed E-state index contributed by atoms with van der Waals surface area (Å²) < 4.78 is 1.97. The van der Waals surface area contributed by atoms with Gasteiger partial charge in [0, 0.05) is 15.5 Å². The molecule has 0 amide bonds. The summed E-state index contributed by atoms with van der Waals surface area (Å²) in [5.41, 5.74) is 7.87. The lowest BCUT2D eigenvalue weighted by Gasteiger charge is -2.20. The highest BCUT2D eigenvalue weighted by Gasteiger charge is 2.07. The molecule has 0 saturated carbocycles. The average molecular weight is 379 g/mol. The van der Waals surface area contributed by atoms with E-state index in [4.69, 9.17) is 17.3 Å². The van der Waals surface area contributed by atoms with Crippen molar-refractivity contribution >= 4 is 56.9 Å². The van der Waals surface area contributed by atoms with Gasteiger partial charge in [-0.15, -0.1) is 11.3 Å². The Morgan fingerprint density at radius 3 is 2.71 bits per heavy atom. The first-order valence-electron chi connectivity index (χ1n) is 5.06. The topological polar surface area (TPSA) is 29.3 Å². The summed E-state index contributed by atoms with van der Waals surface area (Å²) in [7, 11) is 2.03. The molecule has 0 aliphatic carbocycles. The van der Waals surface area contributed by atoms with Gasteiger partial charge < -0.3 is 10.6 Å². The predicted octanol–water partition coefficient (Wildman–Crippen LogP) is 4.22. The summed E-state index contributed by atoms with van der Waals surface area (Å²) in [6, 6.07) is 10.1. The standard InChI is InChI=1S/C12H12ClIN2S/c1-16(7-9-3-5-12(13)17-9)11-4-2-8(14)6-10(11)15/h2-6H,7,15H2,1H3. The third-order valence-electron chi connectivity index (χ3n) is 2.42. The third-order valence-corrected chi connectivity index (χ3v) is 4.31. The minimum absolute atomic E-state index is 0.807. The third kappa shape index (κ3) is 3.26. The second-order valence-corrected chi connectivity index (χ2v) is 6.81. The summed E-state index contributed by atoms with van der Waals surface area (Å²) in [5.74, 6) is 0. The lowest BCUT2D eigenvalue weighted by Crippen LogP contribution is -2.17. The highest BCUT2D eigenvalue weighted by Crippen LogP contribution is 2.28. The van der Waals surface area contributed by atoms with Crippen molar-refractivity contribution in [2.75, 3.05) is 17.7 Å². The summed E-state index contributed by atoms with van der Waals surface area (Å²) in [6.07, 6.45) is 0. The number of rotatable bonds is 3. The lowest BCUT2D eigenvalue weighted by atomic mass is 10.2. The first-order chi connectivity index (χ1) is 8.06. The van der Waals surface area contributed by atoms with E-state index in [2.05, 4.69) is 33.6 Å². The smallest absolute Gasteiger partial charge is 0.0931 e. The van der Waals surface area contributed by atoms with Crippen LogP contribution in [0, 0.1) is 3.57 Å². The first kappa shape index (κ1) is 13.0. The minimum atomic E-state index is 0.807. The largest absolute Gasteiger partial charge is 0.397 e. The van der Waals surface area contributed by atoms with Crippen LogP contribution < -0.4 is 10.6 Å². The Morgan fingerprint density at radius 2 is 2.12 bits per heavy atom. The second kappa shape index (κ2) is 5.46. The molecule has 2 aromatic rings. The van der Waals surface area contributed by atoms with E-state index in [1.807, 2.05) is 31.3 Å². The molecule has 5 heteroatoms. The van der Waals surface area contributed by atoms with Gasteiger partial charge in [0.15, 0.2) is 0 Å². The minimum Gasteiger partial charge on any atom is -0.397 e. The summed E-state index contributed by atoms with van der Waals surface area (Å²) in [4.78, 5) is 3.36. The molecule has 2 nitrogen and oxygen atoms in total. The van der Waals surface area contributed by atoms with Crippen molar-refractivity contribution in [3.63, 3.8) is 0 Å². The molecule has 0 saturated heterocycles.